The van der Waals surface area contributed by atoms with Gasteiger partial charge in [0.15, 0.2) is 0 Å². The van der Waals surface area contributed by atoms with Gasteiger partial charge in [0.2, 0.25) is 0 Å². The van der Waals surface area contributed by atoms with E-state index in [4.69, 9.17) is 16.7 Å². The van der Waals surface area contributed by atoms with Gasteiger partial charge in [-0.1, -0.05) is 11.6 Å². The first kappa shape index (κ1) is 12.5. The van der Waals surface area contributed by atoms with Crippen molar-refractivity contribution in [1.29, 1.82) is 0 Å². The van der Waals surface area contributed by atoms with Crippen molar-refractivity contribution in [1.82, 2.24) is 9.47 Å². The lowest BCUT2D eigenvalue weighted by molar-refractivity contribution is 0.0516. The first-order chi connectivity index (χ1) is 8.13. The van der Waals surface area contributed by atoms with Crippen LogP contribution in [0.15, 0.2) is 12.3 Å². The van der Waals surface area contributed by atoms with Gasteiger partial charge < -0.3 is 14.6 Å². The monoisotopic (exact) mass is 256 g/mol. The Bertz CT molecular complexity index is 413. The summed E-state index contributed by atoms with van der Waals surface area (Å²) in [6.45, 7) is 0.396. The van der Waals surface area contributed by atoms with Crippen LogP contribution in [0.1, 0.15) is 29.8 Å². The molecule has 1 aromatic rings. The second-order valence-corrected chi connectivity index (χ2v) is 4.90. The SMILES string of the molecule is Cn1cc(Cl)cc1C(=O)N(CCO)C1CCC1. The van der Waals surface area contributed by atoms with Gasteiger partial charge in [0.05, 0.1) is 11.6 Å². The van der Waals surface area contributed by atoms with Crippen LogP contribution in [0.25, 0.3) is 0 Å². The van der Waals surface area contributed by atoms with Crippen LogP contribution in [0.2, 0.25) is 5.02 Å². The Kier molecular flexibility index (Phi) is 3.74. The maximum absolute atomic E-state index is 12.3. The normalized spacial score (nSPS) is 15.7. The van der Waals surface area contributed by atoms with Crippen LogP contribution in [-0.4, -0.2) is 39.7 Å². The molecule has 1 N–H and O–H groups in total. The van der Waals surface area contributed by atoms with Gasteiger partial charge in [0.25, 0.3) is 5.91 Å². The Morgan fingerprint density at radius 2 is 2.35 bits per heavy atom. The maximum atomic E-state index is 12.3. The molecule has 0 radical (unpaired) electrons. The van der Waals surface area contributed by atoms with E-state index in [1.54, 1.807) is 28.8 Å². The van der Waals surface area contributed by atoms with Crippen molar-refractivity contribution in [2.45, 2.75) is 25.3 Å². The number of carbonyl (C=O) groups excluding carboxylic acids is 1. The first-order valence-electron chi connectivity index (χ1n) is 5.87. The van der Waals surface area contributed by atoms with Crippen molar-refractivity contribution in [2.75, 3.05) is 13.2 Å². The van der Waals surface area contributed by atoms with Gasteiger partial charge in [0.1, 0.15) is 5.69 Å². The van der Waals surface area contributed by atoms with Crippen LogP contribution in [0.5, 0.6) is 0 Å². The molecule has 0 spiro atoms. The molecule has 1 saturated carbocycles. The van der Waals surface area contributed by atoms with Gasteiger partial charge in [0, 0.05) is 25.8 Å². The molecule has 0 saturated heterocycles. The molecule has 0 unspecified atom stereocenters. The minimum atomic E-state index is -0.0434. The molecular weight excluding hydrogens is 240 g/mol. The summed E-state index contributed by atoms with van der Waals surface area (Å²) in [5.74, 6) is -0.0434. The number of aliphatic hydroxyl groups is 1. The van der Waals surface area contributed by atoms with E-state index in [0.717, 1.165) is 19.3 Å². The summed E-state index contributed by atoms with van der Waals surface area (Å²) >= 11 is 5.88. The minimum Gasteiger partial charge on any atom is -0.395 e. The molecule has 1 amide bonds. The zero-order chi connectivity index (χ0) is 12.4. The van der Waals surface area contributed by atoms with Crippen molar-refractivity contribution in [3.8, 4) is 0 Å². The van der Waals surface area contributed by atoms with Crippen LogP contribution in [-0.2, 0) is 7.05 Å². The molecule has 1 heterocycles. The average molecular weight is 257 g/mol. The highest BCUT2D eigenvalue weighted by atomic mass is 35.5. The van der Waals surface area contributed by atoms with Gasteiger partial charge in [-0.25, -0.2) is 0 Å². The van der Waals surface area contributed by atoms with Gasteiger partial charge in [-0.15, -0.1) is 0 Å². The molecular formula is C12H17ClN2O2. The number of carbonyl (C=O) groups is 1. The Balaban J connectivity index is 2.17. The number of nitrogens with zero attached hydrogens (tertiary/aromatic N) is 2. The molecule has 0 aliphatic heterocycles. The zero-order valence-corrected chi connectivity index (χ0v) is 10.7. The highest BCUT2D eigenvalue weighted by Crippen LogP contribution is 2.26. The molecule has 1 fully saturated rings. The van der Waals surface area contributed by atoms with E-state index in [1.165, 1.54) is 0 Å². The predicted molar refractivity (Wildman–Crippen MR) is 66.2 cm³/mol. The summed E-state index contributed by atoms with van der Waals surface area (Å²) in [6.07, 6.45) is 4.94. The Morgan fingerprint density at radius 1 is 1.65 bits per heavy atom. The van der Waals surface area contributed by atoms with Crippen LogP contribution in [0.3, 0.4) is 0 Å². The van der Waals surface area contributed by atoms with Gasteiger partial charge in [-0.3, -0.25) is 4.79 Å². The largest absolute Gasteiger partial charge is 0.395 e. The van der Waals surface area contributed by atoms with Crippen molar-refractivity contribution < 1.29 is 9.90 Å². The Labute approximate surface area is 106 Å². The van der Waals surface area contributed by atoms with Crippen molar-refractivity contribution in [3.05, 3.63) is 23.0 Å². The molecule has 0 aromatic carbocycles. The van der Waals surface area contributed by atoms with E-state index in [0.29, 0.717) is 17.3 Å². The number of rotatable bonds is 4. The molecule has 4 nitrogen and oxygen atoms in total. The number of halogens is 1. The van der Waals surface area contributed by atoms with E-state index in [1.807, 2.05) is 0 Å². The highest BCUT2D eigenvalue weighted by Gasteiger charge is 2.30. The van der Waals surface area contributed by atoms with Crippen molar-refractivity contribution in [3.63, 3.8) is 0 Å². The van der Waals surface area contributed by atoms with Crippen molar-refractivity contribution in [2.24, 2.45) is 7.05 Å². The summed E-state index contributed by atoms with van der Waals surface area (Å²) in [5, 5.41) is 9.61. The summed E-state index contributed by atoms with van der Waals surface area (Å²) < 4.78 is 1.73. The Hall–Kier alpha value is -1.00. The fraction of sp³-hybridized carbons (Fsp3) is 0.583. The van der Waals surface area contributed by atoms with Crippen LogP contribution in [0, 0.1) is 0 Å². The van der Waals surface area contributed by atoms with Gasteiger partial charge >= 0.3 is 0 Å². The number of amides is 1. The molecule has 1 aliphatic rings. The number of aliphatic hydroxyl groups excluding tert-OH is 1. The summed E-state index contributed by atoms with van der Waals surface area (Å²) in [4.78, 5) is 14.1. The lowest BCUT2D eigenvalue weighted by atomic mass is 9.91. The molecule has 94 valence electrons. The molecule has 1 aromatic heterocycles. The quantitative estimate of drug-likeness (QED) is 0.891. The van der Waals surface area contributed by atoms with E-state index in [2.05, 4.69) is 0 Å². The number of aromatic nitrogens is 1. The van der Waals surface area contributed by atoms with E-state index in [9.17, 15) is 4.79 Å². The number of hydrogen-bond acceptors (Lipinski definition) is 2. The maximum Gasteiger partial charge on any atom is 0.270 e. The van der Waals surface area contributed by atoms with Crippen LogP contribution in [0.4, 0.5) is 0 Å². The zero-order valence-electron chi connectivity index (χ0n) is 9.90. The van der Waals surface area contributed by atoms with E-state index >= 15 is 0 Å². The molecule has 1 aliphatic carbocycles. The van der Waals surface area contributed by atoms with Crippen molar-refractivity contribution >= 4 is 17.5 Å². The fourth-order valence-electron chi connectivity index (χ4n) is 2.14. The number of hydrogen-bond donors (Lipinski definition) is 1. The van der Waals surface area contributed by atoms with Crippen LogP contribution < -0.4 is 0 Å². The van der Waals surface area contributed by atoms with E-state index in [-0.39, 0.29) is 18.6 Å². The second-order valence-electron chi connectivity index (χ2n) is 4.46. The molecule has 17 heavy (non-hydrogen) atoms. The summed E-state index contributed by atoms with van der Waals surface area (Å²) in [6, 6.07) is 1.95. The topological polar surface area (TPSA) is 45.5 Å². The minimum absolute atomic E-state index is 0.000392. The lowest BCUT2D eigenvalue weighted by Crippen LogP contribution is -2.46. The Morgan fingerprint density at radius 3 is 2.76 bits per heavy atom. The highest BCUT2D eigenvalue weighted by molar-refractivity contribution is 6.31. The molecule has 2 rings (SSSR count). The van der Waals surface area contributed by atoms with E-state index < -0.39 is 0 Å². The second kappa shape index (κ2) is 5.10. The van der Waals surface area contributed by atoms with Crippen LogP contribution >= 0.6 is 11.6 Å². The third-order valence-corrected chi connectivity index (χ3v) is 3.51. The molecule has 0 bridgehead atoms. The average Bonchev–Trinajstić information content (AvgIpc) is 2.53. The fourth-order valence-corrected chi connectivity index (χ4v) is 2.39. The molecule has 0 atom stereocenters. The van der Waals surface area contributed by atoms with Gasteiger partial charge in [-0.2, -0.15) is 0 Å². The predicted octanol–water partition coefficient (Wildman–Crippen LogP) is 1.67. The van der Waals surface area contributed by atoms with Gasteiger partial charge in [-0.05, 0) is 25.3 Å². The lowest BCUT2D eigenvalue weighted by Gasteiger charge is -2.37. The third kappa shape index (κ3) is 2.48. The number of aryl methyl sites for hydroxylation is 1. The standard InChI is InChI=1S/C12H17ClN2O2/c1-14-8-9(13)7-11(14)12(17)15(5-6-16)10-3-2-4-10/h7-8,10,16H,2-6H2,1H3. The third-order valence-electron chi connectivity index (χ3n) is 3.31. The first-order valence-corrected chi connectivity index (χ1v) is 6.25. The smallest absolute Gasteiger partial charge is 0.270 e. The molecule has 5 heteroatoms. The summed E-state index contributed by atoms with van der Waals surface area (Å²) in [7, 11) is 1.80. The summed E-state index contributed by atoms with van der Waals surface area (Å²) in [5.41, 5.74) is 0.579.